The lowest BCUT2D eigenvalue weighted by molar-refractivity contribution is -0.274. The van der Waals surface area contributed by atoms with Gasteiger partial charge >= 0.3 is 18.5 Å². The van der Waals surface area contributed by atoms with E-state index in [0.29, 0.717) is 12.1 Å². The summed E-state index contributed by atoms with van der Waals surface area (Å²) in [5.74, 6) is -3.91. The van der Waals surface area contributed by atoms with Gasteiger partial charge in [0.1, 0.15) is 17.1 Å². The first-order valence-electron chi connectivity index (χ1n) is 6.44. The third kappa shape index (κ3) is 4.78. The van der Waals surface area contributed by atoms with Gasteiger partial charge in [-0.2, -0.15) is 13.2 Å². The molecule has 0 saturated carbocycles. The van der Waals surface area contributed by atoms with Gasteiger partial charge in [-0.3, -0.25) is 0 Å². The van der Waals surface area contributed by atoms with Crippen LogP contribution in [-0.4, -0.2) is 17.4 Å². The van der Waals surface area contributed by atoms with E-state index in [1.165, 1.54) is 0 Å². The molecule has 2 aromatic carbocycles. The molecule has 134 valence electrons. The zero-order valence-electron chi connectivity index (χ0n) is 12.0. The molecule has 4 nitrogen and oxygen atoms in total. The van der Waals surface area contributed by atoms with Crippen molar-refractivity contribution in [3.05, 3.63) is 53.6 Å². The van der Waals surface area contributed by atoms with E-state index < -0.39 is 46.9 Å². The summed E-state index contributed by atoms with van der Waals surface area (Å²) in [5.41, 5.74) is -2.17. The second-order valence-electron chi connectivity index (χ2n) is 4.61. The van der Waals surface area contributed by atoms with Gasteiger partial charge < -0.3 is 14.6 Å². The Bertz CT molecular complexity index is 782. The molecule has 0 aliphatic carbocycles. The summed E-state index contributed by atoms with van der Waals surface area (Å²) in [7, 11) is 0. The average molecular weight is 366 g/mol. The van der Waals surface area contributed by atoms with E-state index in [-0.39, 0.29) is 0 Å². The van der Waals surface area contributed by atoms with Crippen LogP contribution in [0.15, 0.2) is 42.5 Å². The van der Waals surface area contributed by atoms with Gasteiger partial charge in [0.25, 0.3) is 0 Å². The van der Waals surface area contributed by atoms with Gasteiger partial charge in [0, 0.05) is 6.07 Å². The molecule has 25 heavy (non-hydrogen) atoms. The fraction of sp³-hybridized carbons (Fsp3) is 0.133. The standard InChI is InChI=1S/C15H8F6O4/c16-14(17,18)11-6-2-5-10(13(22)23)12(11)24-8-3-1-4-9(7-8)25-15(19,20)21/h1-7H,(H,22,23). The zero-order valence-corrected chi connectivity index (χ0v) is 12.0. The first-order valence-corrected chi connectivity index (χ1v) is 6.44. The number of carboxylic acids is 1. The minimum Gasteiger partial charge on any atom is -0.478 e. The molecule has 0 saturated heterocycles. The Morgan fingerprint density at radius 3 is 2.08 bits per heavy atom. The largest absolute Gasteiger partial charge is 0.573 e. The molecule has 0 bridgehead atoms. The van der Waals surface area contributed by atoms with E-state index in [0.717, 1.165) is 30.3 Å². The summed E-state index contributed by atoms with van der Waals surface area (Å²) in [5, 5.41) is 9.02. The summed E-state index contributed by atoms with van der Waals surface area (Å²) in [4.78, 5) is 11.1. The maximum atomic E-state index is 13.0. The van der Waals surface area contributed by atoms with Gasteiger partial charge in [0.2, 0.25) is 0 Å². The van der Waals surface area contributed by atoms with Crippen molar-refractivity contribution in [2.24, 2.45) is 0 Å². The van der Waals surface area contributed by atoms with Crippen molar-refractivity contribution in [2.45, 2.75) is 12.5 Å². The van der Waals surface area contributed by atoms with Crippen molar-refractivity contribution in [2.75, 3.05) is 0 Å². The number of carbonyl (C=O) groups is 1. The smallest absolute Gasteiger partial charge is 0.478 e. The van der Waals surface area contributed by atoms with Crippen LogP contribution in [0.4, 0.5) is 26.3 Å². The first-order chi connectivity index (χ1) is 11.5. The molecule has 0 atom stereocenters. The molecule has 0 unspecified atom stereocenters. The fourth-order valence-electron chi connectivity index (χ4n) is 1.89. The summed E-state index contributed by atoms with van der Waals surface area (Å²) in [6, 6.07) is 6.05. The Hall–Kier alpha value is -2.91. The number of carboxylic acid groups (broad SMARTS) is 1. The number of rotatable bonds is 4. The molecule has 1 N–H and O–H groups in total. The highest BCUT2D eigenvalue weighted by Crippen LogP contribution is 2.40. The molecule has 0 fully saturated rings. The van der Waals surface area contributed by atoms with Crippen molar-refractivity contribution in [1.82, 2.24) is 0 Å². The fourth-order valence-corrected chi connectivity index (χ4v) is 1.89. The predicted octanol–water partition coefficient (Wildman–Crippen LogP) is 5.09. The molecule has 2 aromatic rings. The van der Waals surface area contributed by atoms with Crippen LogP contribution in [0, 0.1) is 0 Å². The number of hydrogen-bond donors (Lipinski definition) is 1. The van der Waals surface area contributed by atoms with Gasteiger partial charge in [-0.15, -0.1) is 13.2 Å². The minimum atomic E-state index is -5.01. The van der Waals surface area contributed by atoms with Crippen molar-refractivity contribution >= 4 is 5.97 Å². The number of aromatic carboxylic acids is 1. The Labute approximate surface area is 136 Å². The van der Waals surface area contributed by atoms with Crippen LogP contribution in [-0.2, 0) is 6.18 Å². The van der Waals surface area contributed by atoms with Crippen molar-refractivity contribution in [3.8, 4) is 17.2 Å². The number of alkyl halides is 6. The quantitative estimate of drug-likeness (QED) is 0.766. The SMILES string of the molecule is O=C(O)c1cccc(C(F)(F)F)c1Oc1cccc(OC(F)(F)F)c1. The zero-order chi connectivity index (χ0) is 18.8. The highest BCUT2D eigenvalue weighted by Gasteiger charge is 2.37. The van der Waals surface area contributed by atoms with Gasteiger partial charge in [-0.05, 0) is 24.3 Å². The number of para-hydroxylation sites is 1. The lowest BCUT2D eigenvalue weighted by atomic mass is 10.1. The van der Waals surface area contributed by atoms with E-state index in [2.05, 4.69) is 4.74 Å². The van der Waals surface area contributed by atoms with E-state index >= 15 is 0 Å². The Morgan fingerprint density at radius 1 is 0.920 bits per heavy atom. The van der Waals surface area contributed by atoms with Crippen LogP contribution < -0.4 is 9.47 Å². The summed E-state index contributed by atoms with van der Waals surface area (Å²) in [6.07, 6.45) is -9.93. The molecule has 0 spiro atoms. The van der Waals surface area contributed by atoms with E-state index in [1.54, 1.807) is 0 Å². The van der Waals surface area contributed by atoms with E-state index in [4.69, 9.17) is 9.84 Å². The van der Waals surface area contributed by atoms with E-state index in [9.17, 15) is 31.1 Å². The summed E-state index contributed by atoms with van der Waals surface area (Å²) >= 11 is 0. The third-order valence-corrected chi connectivity index (χ3v) is 2.81. The van der Waals surface area contributed by atoms with Crippen LogP contribution in [0.25, 0.3) is 0 Å². The van der Waals surface area contributed by atoms with Crippen LogP contribution in [0.2, 0.25) is 0 Å². The molecule has 0 aliphatic rings. The molecular weight excluding hydrogens is 358 g/mol. The molecule has 0 heterocycles. The van der Waals surface area contributed by atoms with Crippen LogP contribution >= 0.6 is 0 Å². The normalized spacial score (nSPS) is 11.9. The number of halogens is 6. The van der Waals surface area contributed by atoms with E-state index in [1.807, 2.05) is 0 Å². The van der Waals surface area contributed by atoms with Crippen molar-refractivity contribution in [1.29, 1.82) is 0 Å². The second-order valence-corrected chi connectivity index (χ2v) is 4.61. The van der Waals surface area contributed by atoms with Crippen LogP contribution in [0.3, 0.4) is 0 Å². The lowest BCUT2D eigenvalue weighted by Crippen LogP contribution is -2.17. The van der Waals surface area contributed by atoms with Gasteiger partial charge in [-0.1, -0.05) is 12.1 Å². The predicted molar refractivity (Wildman–Crippen MR) is 71.6 cm³/mol. The van der Waals surface area contributed by atoms with Crippen molar-refractivity contribution in [3.63, 3.8) is 0 Å². The number of ether oxygens (including phenoxy) is 2. The van der Waals surface area contributed by atoms with Crippen LogP contribution in [0.1, 0.15) is 15.9 Å². The molecular formula is C15H8F6O4. The highest BCUT2D eigenvalue weighted by atomic mass is 19.4. The van der Waals surface area contributed by atoms with Crippen molar-refractivity contribution < 1.29 is 45.7 Å². The van der Waals surface area contributed by atoms with Gasteiger partial charge in [-0.25, -0.2) is 4.79 Å². The Balaban J connectivity index is 2.46. The highest BCUT2D eigenvalue weighted by molar-refractivity contribution is 5.91. The average Bonchev–Trinajstić information content (AvgIpc) is 2.44. The van der Waals surface area contributed by atoms with Gasteiger partial charge in [0.05, 0.1) is 5.56 Å². The first kappa shape index (κ1) is 18.4. The van der Waals surface area contributed by atoms with Crippen LogP contribution in [0.5, 0.6) is 17.2 Å². The van der Waals surface area contributed by atoms with Gasteiger partial charge in [0.15, 0.2) is 5.75 Å². The number of benzene rings is 2. The molecule has 0 aromatic heterocycles. The summed E-state index contributed by atoms with van der Waals surface area (Å²) in [6.45, 7) is 0. The molecule has 10 heteroatoms. The lowest BCUT2D eigenvalue weighted by Gasteiger charge is -2.16. The monoisotopic (exact) mass is 366 g/mol. The minimum absolute atomic E-state index is 0.457. The Morgan fingerprint density at radius 2 is 1.52 bits per heavy atom. The molecule has 0 amide bonds. The number of hydrogen-bond acceptors (Lipinski definition) is 3. The topological polar surface area (TPSA) is 55.8 Å². The summed E-state index contributed by atoms with van der Waals surface area (Å²) < 4.78 is 84.3. The third-order valence-electron chi connectivity index (χ3n) is 2.81. The molecule has 0 radical (unpaired) electrons. The maximum Gasteiger partial charge on any atom is 0.573 e. The Kier molecular flexibility index (Phi) is 4.82. The molecule has 0 aliphatic heterocycles. The molecule has 2 rings (SSSR count). The second kappa shape index (κ2) is 6.54. The maximum absolute atomic E-state index is 13.0.